The molecule has 9 nitrogen and oxygen atoms in total. The lowest BCUT2D eigenvalue weighted by Gasteiger charge is -2.34. The molecule has 1 aliphatic heterocycles. The van der Waals surface area contributed by atoms with E-state index in [1.807, 2.05) is 36.7 Å². The standard InChI is InChI=1S/C20H22N4O3S2.C2HF3O2/c1-14-22-16(12-28-14)10-23-8-7-21-20(23)18-11-24(19(25)13-29(2,26)27)9-15-5-3-4-6-17(15)18;3-2(4,5)1(6)7/h3-8,12,18H,9-11,13H2,1-2H3;(H,6,7). The van der Waals surface area contributed by atoms with Crippen molar-refractivity contribution >= 4 is 33.1 Å². The van der Waals surface area contributed by atoms with E-state index in [4.69, 9.17) is 9.90 Å². The molecular weight excluding hydrogens is 521 g/mol. The highest BCUT2D eigenvalue weighted by Crippen LogP contribution is 2.33. The molecule has 1 aromatic carbocycles. The van der Waals surface area contributed by atoms with Crippen molar-refractivity contribution in [3.63, 3.8) is 0 Å². The van der Waals surface area contributed by atoms with Crippen LogP contribution in [0, 0.1) is 6.92 Å². The molecular formula is C22H23F3N4O5S2. The molecule has 36 heavy (non-hydrogen) atoms. The minimum atomic E-state index is -5.08. The predicted molar refractivity (Wildman–Crippen MR) is 125 cm³/mol. The van der Waals surface area contributed by atoms with Crippen molar-refractivity contribution in [2.24, 2.45) is 0 Å². The Bertz CT molecular complexity index is 1350. The van der Waals surface area contributed by atoms with Gasteiger partial charge in [0.25, 0.3) is 0 Å². The SMILES string of the molecule is Cc1nc(Cn2ccnc2C2CN(C(=O)CS(C)(=O)=O)Cc3ccccc32)cs1.O=C(O)C(F)(F)F. The molecule has 2 aromatic heterocycles. The molecule has 4 rings (SSSR count). The number of fused-ring (bicyclic) bond motifs is 1. The number of alkyl halides is 3. The number of carbonyl (C=O) groups excluding carboxylic acids is 1. The molecule has 14 heteroatoms. The highest BCUT2D eigenvalue weighted by molar-refractivity contribution is 7.91. The second-order valence-electron chi connectivity index (χ2n) is 8.17. The van der Waals surface area contributed by atoms with E-state index in [9.17, 15) is 26.4 Å². The molecule has 3 aromatic rings. The summed E-state index contributed by atoms with van der Waals surface area (Å²) in [6.45, 7) is 3.40. The lowest BCUT2D eigenvalue weighted by atomic mass is 9.89. The van der Waals surface area contributed by atoms with Crippen LogP contribution in [0.15, 0.2) is 42.0 Å². The molecule has 1 N–H and O–H groups in total. The second kappa shape index (κ2) is 10.8. The number of aryl methyl sites for hydroxylation is 1. The van der Waals surface area contributed by atoms with Gasteiger partial charge in [0.15, 0.2) is 9.84 Å². The third-order valence-electron chi connectivity index (χ3n) is 5.23. The molecule has 1 unspecified atom stereocenters. The van der Waals surface area contributed by atoms with Crippen molar-refractivity contribution in [3.05, 3.63) is 69.7 Å². The van der Waals surface area contributed by atoms with E-state index in [1.54, 1.807) is 22.4 Å². The van der Waals surface area contributed by atoms with Crippen LogP contribution in [0.1, 0.15) is 33.6 Å². The maximum atomic E-state index is 12.6. The molecule has 0 spiro atoms. The number of amides is 1. The maximum absolute atomic E-state index is 12.6. The molecule has 1 aliphatic rings. The third-order valence-corrected chi connectivity index (χ3v) is 6.83. The molecule has 0 bridgehead atoms. The van der Waals surface area contributed by atoms with Gasteiger partial charge >= 0.3 is 12.1 Å². The number of imidazole rings is 1. The highest BCUT2D eigenvalue weighted by atomic mass is 32.2. The van der Waals surface area contributed by atoms with Gasteiger partial charge in [-0.1, -0.05) is 24.3 Å². The monoisotopic (exact) mass is 544 g/mol. The zero-order chi connectivity index (χ0) is 26.7. The van der Waals surface area contributed by atoms with Crippen molar-refractivity contribution < 1.29 is 36.3 Å². The smallest absolute Gasteiger partial charge is 0.475 e. The van der Waals surface area contributed by atoms with Gasteiger partial charge in [0, 0.05) is 37.1 Å². The van der Waals surface area contributed by atoms with Crippen LogP contribution >= 0.6 is 11.3 Å². The summed E-state index contributed by atoms with van der Waals surface area (Å²) in [5, 5.41) is 10.2. The quantitative estimate of drug-likeness (QED) is 0.524. The fraction of sp³-hybridized carbons (Fsp3) is 0.364. The van der Waals surface area contributed by atoms with E-state index >= 15 is 0 Å². The topological polar surface area (TPSA) is 122 Å². The minimum absolute atomic E-state index is 0.127. The van der Waals surface area contributed by atoms with Gasteiger partial charge < -0.3 is 14.6 Å². The molecule has 0 fully saturated rings. The van der Waals surface area contributed by atoms with Gasteiger partial charge in [-0.15, -0.1) is 11.3 Å². The Balaban J connectivity index is 0.000000454. The molecule has 0 saturated carbocycles. The number of thiazole rings is 1. The Kier molecular flexibility index (Phi) is 8.19. The van der Waals surface area contributed by atoms with E-state index in [-0.39, 0.29) is 11.8 Å². The summed E-state index contributed by atoms with van der Waals surface area (Å²) in [6, 6.07) is 7.96. The van der Waals surface area contributed by atoms with Crippen LogP contribution in [0.4, 0.5) is 13.2 Å². The van der Waals surface area contributed by atoms with Crippen molar-refractivity contribution in [1.82, 2.24) is 19.4 Å². The Hall–Kier alpha value is -3.26. The number of nitrogens with zero attached hydrogens (tertiary/aromatic N) is 4. The average Bonchev–Trinajstić information content (AvgIpc) is 3.40. The normalized spacial score (nSPS) is 15.6. The summed E-state index contributed by atoms with van der Waals surface area (Å²) in [7, 11) is -3.39. The van der Waals surface area contributed by atoms with Crippen LogP contribution in [-0.4, -0.2) is 69.6 Å². The summed E-state index contributed by atoms with van der Waals surface area (Å²) in [6.07, 6.45) is -0.318. The number of benzene rings is 1. The Morgan fingerprint density at radius 2 is 1.92 bits per heavy atom. The van der Waals surface area contributed by atoms with Gasteiger partial charge in [0.05, 0.1) is 23.2 Å². The molecule has 1 atom stereocenters. The van der Waals surface area contributed by atoms with Crippen molar-refractivity contribution in [1.29, 1.82) is 0 Å². The summed E-state index contributed by atoms with van der Waals surface area (Å²) >= 11 is 1.61. The van der Waals surface area contributed by atoms with Crippen LogP contribution in [0.3, 0.4) is 0 Å². The van der Waals surface area contributed by atoms with Gasteiger partial charge in [-0.05, 0) is 18.1 Å². The summed E-state index contributed by atoms with van der Waals surface area (Å²) in [5.41, 5.74) is 3.11. The van der Waals surface area contributed by atoms with E-state index in [2.05, 4.69) is 20.6 Å². The maximum Gasteiger partial charge on any atom is 0.490 e. The molecule has 0 saturated heterocycles. The molecule has 0 radical (unpaired) electrons. The number of carbonyl (C=O) groups is 2. The van der Waals surface area contributed by atoms with E-state index < -0.39 is 27.7 Å². The van der Waals surface area contributed by atoms with Crippen LogP contribution in [0.5, 0.6) is 0 Å². The van der Waals surface area contributed by atoms with E-state index in [1.165, 1.54) is 0 Å². The first kappa shape index (κ1) is 27.3. The Labute approximate surface area is 209 Å². The zero-order valence-electron chi connectivity index (χ0n) is 19.3. The zero-order valence-corrected chi connectivity index (χ0v) is 20.9. The summed E-state index contributed by atoms with van der Waals surface area (Å²) in [5.74, 6) is -2.89. The lowest BCUT2D eigenvalue weighted by molar-refractivity contribution is -0.192. The molecule has 0 aliphatic carbocycles. The van der Waals surface area contributed by atoms with Gasteiger partial charge in [0.2, 0.25) is 5.91 Å². The first-order chi connectivity index (χ1) is 16.7. The number of hydrogen-bond donors (Lipinski definition) is 1. The number of rotatable bonds is 5. The number of carboxylic acid groups (broad SMARTS) is 1. The second-order valence-corrected chi connectivity index (χ2v) is 11.4. The van der Waals surface area contributed by atoms with Gasteiger partial charge in [0.1, 0.15) is 11.6 Å². The minimum Gasteiger partial charge on any atom is -0.475 e. The number of carboxylic acids is 1. The predicted octanol–water partition coefficient (Wildman–Crippen LogP) is 2.85. The van der Waals surface area contributed by atoms with Crippen LogP contribution in [0.25, 0.3) is 0 Å². The molecule has 194 valence electrons. The number of halogens is 3. The van der Waals surface area contributed by atoms with Gasteiger partial charge in [-0.25, -0.2) is 23.2 Å². The van der Waals surface area contributed by atoms with Crippen LogP contribution in [0.2, 0.25) is 0 Å². The molecule has 3 heterocycles. The molecule has 1 amide bonds. The van der Waals surface area contributed by atoms with Gasteiger partial charge in [-0.2, -0.15) is 13.2 Å². The first-order valence-electron chi connectivity index (χ1n) is 10.5. The van der Waals surface area contributed by atoms with Crippen molar-refractivity contribution in [3.8, 4) is 0 Å². The van der Waals surface area contributed by atoms with E-state index in [0.29, 0.717) is 19.6 Å². The summed E-state index contributed by atoms with van der Waals surface area (Å²) in [4.78, 5) is 32.3. The fourth-order valence-corrected chi connectivity index (χ4v) is 4.99. The number of aromatic nitrogens is 3. The lowest BCUT2D eigenvalue weighted by Crippen LogP contribution is -2.41. The first-order valence-corrected chi connectivity index (χ1v) is 13.4. The fourth-order valence-electron chi connectivity index (χ4n) is 3.75. The number of hydrogen-bond acceptors (Lipinski definition) is 7. The highest BCUT2D eigenvalue weighted by Gasteiger charge is 2.38. The average molecular weight is 545 g/mol. The van der Waals surface area contributed by atoms with Crippen molar-refractivity contribution in [2.45, 2.75) is 32.1 Å². The Morgan fingerprint density at radius 1 is 1.25 bits per heavy atom. The van der Waals surface area contributed by atoms with Crippen LogP contribution < -0.4 is 0 Å². The third kappa shape index (κ3) is 7.13. The Morgan fingerprint density at radius 3 is 2.50 bits per heavy atom. The number of sulfone groups is 1. The van der Waals surface area contributed by atoms with E-state index in [0.717, 1.165) is 33.9 Å². The van der Waals surface area contributed by atoms with Gasteiger partial charge in [-0.3, -0.25) is 4.79 Å². The van der Waals surface area contributed by atoms with Crippen LogP contribution in [-0.2, 0) is 32.5 Å². The number of aliphatic carboxylic acids is 1. The largest absolute Gasteiger partial charge is 0.490 e. The summed E-state index contributed by atoms with van der Waals surface area (Å²) < 4.78 is 57.1. The van der Waals surface area contributed by atoms with Crippen molar-refractivity contribution in [2.75, 3.05) is 18.6 Å².